The molecule has 0 saturated heterocycles. The van der Waals surface area contributed by atoms with E-state index in [-0.39, 0.29) is 28.9 Å². The molecule has 0 fully saturated rings. The summed E-state index contributed by atoms with van der Waals surface area (Å²) in [6, 6.07) is 26.0. The molecule has 0 aromatic heterocycles. The van der Waals surface area contributed by atoms with Gasteiger partial charge in [0.2, 0.25) is 10.0 Å². The minimum absolute atomic E-state index is 0.0618. The van der Waals surface area contributed by atoms with Crippen molar-refractivity contribution in [2.75, 3.05) is 13.1 Å². The zero-order chi connectivity index (χ0) is 29.1. The molecule has 0 unspecified atom stereocenters. The van der Waals surface area contributed by atoms with Crippen LogP contribution >= 0.6 is 0 Å². The molecule has 0 saturated carbocycles. The second-order valence-corrected chi connectivity index (χ2v) is 17.3. The molecule has 3 aromatic carbocycles. The molecular weight excluding hydrogens is 541 g/mol. The van der Waals surface area contributed by atoms with Gasteiger partial charge >= 0.3 is 8.32 Å². The molecule has 1 aliphatic rings. The zero-order valence-electron chi connectivity index (χ0n) is 23.4. The normalized spacial score (nSPS) is 17.2. The van der Waals surface area contributed by atoms with Crippen LogP contribution in [0, 0.1) is 16.0 Å². The molecule has 0 N–H and O–H groups in total. The smallest absolute Gasteiger partial charge is 0.319 e. The molecule has 40 heavy (non-hydrogen) atoms. The van der Waals surface area contributed by atoms with Gasteiger partial charge in [0.15, 0.2) is 4.90 Å². The molecule has 7 nitrogen and oxygen atoms in total. The number of nitro groups is 1. The number of hydrogen-bond acceptors (Lipinski definition) is 5. The Bertz CT molecular complexity index is 1480. The molecule has 210 valence electrons. The summed E-state index contributed by atoms with van der Waals surface area (Å²) in [5.74, 6) is 0.502. The van der Waals surface area contributed by atoms with Crippen LogP contribution in [0.1, 0.15) is 34.1 Å². The van der Waals surface area contributed by atoms with E-state index in [2.05, 4.69) is 51.6 Å². The third-order valence-corrected chi connectivity index (χ3v) is 14.3. The van der Waals surface area contributed by atoms with E-state index < -0.39 is 29.0 Å². The number of nitrogens with zero attached hydrogens (tertiary/aromatic N) is 2. The predicted molar refractivity (Wildman–Crippen MR) is 162 cm³/mol. The van der Waals surface area contributed by atoms with Gasteiger partial charge in [-0.25, -0.2) is 8.42 Å². The van der Waals surface area contributed by atoms with Crippen molar-refractivity contribution < 1.29 is 17.8 Å². The van der Waals surface area contributed by atoms with Gasteiger partial charge in [0.1, 0.15) is 0 Å². The molecule has 1 aliphatic heterocycles. The van der Waals surface area contributed by atoms with Crippen LogP contribution in [0.25, 0.3) is 0 Å². The Morgan fingerprint density at radius 2 is 1.50 bits per heavy atom. The van der Waals surface area contributed by atoms with E-state index in [9.17, 15) is 18.5 Å². The summed E-state index contributed by atoms with van der Waals surface area (Å²) in [6.45, 7) is 12.7. The van der Waals surface area contributed by atoms with E-state index >= 15 is 0 Å². The monoisotopic (exact) mass is 576 g/mol. The van der Waals surface area contributed by atoms with Gasteiger partial charge < -0.3 is 4.43 Å². The van der Waals surface area contributed by atoms with Crippen LogP contribution in [0.3, 0.4) is 0 Å². The fraction of sp³-hybridized carbons (Fsp3) is 0.290. The summed E-state index contributed by atoms with van der Waals surface area (Å²) < 4.78 is 36.2. The number of para-hydroxylation sites is 1. The molecule has 1 heterocycles. The van der Waals surface area contributed by atoms with E-state index in [0.29, 0.717) is 6.42 Å². The maximum Gasteiger partial charge on any atom is 0.319 e. The van der Waals surface area contributed by atoms with Crippen molar-refractivity contribution in [1.29, 1.82) is 0 Å². The molecule has 0 aliphatic carbocycles. The maximum atomic E-state index is 13.8. The van der Waals surface area contributed by atoms with Gasteiger partial charge in [-0.3, -0.25) is 10.1 Å². The molecule has 0 radical (unpaired) electrons. The SMILES string of the molecule is C=C[C@@H]1CC(O[Si](c2ccccc2)(c2ccccc2)C(C)(C)C)=C(C)CN(S(=O)(=O)c2ccccc2[N+](=O)[O-])C1. The van der Waals surface area contributed by atoms with Crippen molar-refractivity contribution in [2.24, 2.45) is 5.92 Å². The standard InChI is InChI=1S/C31H36N2O5SSi/c1-6-25-21-29(24(2)22-32(23-25)39(36,37)30-20-14-13-19-28(30)33(34)35)38-40(31(3,4)5,26-15-9-7-10-16-26)27-17-11-8-12-18-27/h6-20,25H,1,21-23H2,2-5H3/t25-/m1/s1. The quantitative estimate of drug-likeness (QED) is 0.150. The van der Waals surface area contributed by atoms with Gasteiger partial charge in [-0.15, -0.1) is 6.58 Å². The molecular formula is C31H36N2O5SSi. The minimum atomic E-state index is -4.17. The van der Waals surface area contributed by atoms with Crippen LogP contribution in [0.2, 0.25) is 5.04 Å². The summed E-state index contributed by atoms with van der Waals surface area (Å²) in [5, 5.41) is 13.6. The average molecular weight is 577 g/mol. The second kappa shape index (κ2) is 11.5. The summed E-state index contributed by atoms with van der Waals surface area (Å²) in [5.41, 5.74) is 0.340. The molecule has 4 rings (SSSR count). The number of sulfonamides is 1. The Kier molecular flexibility index (Phi) is 8.48. The van der Waals surface area contributed by atoms with Crippen molar-refractivity contribution in [3.8, 4) is 0 Å². The number of nitro benzene ring substituents is 1. The van der Waals surface area contributed by atoms with Crippen LogP contribution < -0.4 is 10.4 Å². The lowest BCUT2D eigenvalue weighted by molar-refractivity contribution is -0.387. The molecule has 1 atom stereocenters. The van der Waals surface area contributed by atoms with Gasteiger partial charge in [-0.05, 0) is 39.9 Å². The number of allylic oxidation sites excluding steroid dienone is 1. The van der Waals surface area contributed by atoms with Crippen LogP contribution in [-0.2, 0) is 14.4 Å². The fourth-order valence-corrected chi connectivity index (χ4v) is 11.7. The third kappa shape index (κ3) is 5.54. The number of hydrogen-bond donors (Lipinski definition) is 0. The highest BCUT2D eigenvalue weighted by molar-refractivity contribution is 7.89. The molecule has 3 aromatic rings. The summed E-state index contributed by atoms with van der Waals surface area (Å²) in [7, 11) is -7.12. The second-order valence-electron chi connectivity index (χ2n) is 11.2. The van der Waals surface area contributed by atoms with E-state index in [0.717, 1.165) is 21.7 Å². The van der Waals surface area contributed by atoms with E-state index in [4.69, 9.17) is 4.43 Å². The van der Waals surface area contributed by atoms with E-state index in [1.165, 1.54) is 28.6 Å². The Morgan fingerprint density at radius 3 is 2.00 bits per heavy atom. The Morgan fingerprint density at radius 1 is 0.975 bits per heavy atom. The Labute approximate surface area is 238 Å². The zero-order valence-corrected chi connectivity index (χ0v) is 25.2. The first kappa shape index (κ1) is 29.4. The maximum absolute atomic E-state index is 13.8. The van der Waals surface area contributed by atoms with Gasteiger partial charge in [0.05, 0.1) is 10.7 Å². The van der Waals surface area contributed by atoms with Crippen molar-refractivity contribution in [1.82, 2.24) is 4.31 Å². The Balaban J connectivity index is 1.85. The number of rotatable bonds is 8. The van der Waals surface area contributed by atoms with Gasteiger partial charge in [0, 0.05) is 25.6 Å². The van der Waals surface area contributed by atoms with Crippen molar-refractivity contribution in [3.05, 3.63) is 119 Å². The summed E-state index contributed by atoms with van der Waals surface area (Å²) in [6.07, 6.45) is 2.22. The highest BCUT2D eigenvalue weighted by Crippen LogP contribution is 2.40. The van der Waals surface area contributed by atoms with Gasteiger partial charge in [0.25, 0.3) is 5.69 Å². The topological polar surface area (TPSA) is 89.8 Å². The molecule has 0 bridgehead atoms. The molecule has 9 heteroatoms. The largest absolute Gasteiger partial charge is 0.537 e. The van der Waals surface area contributed by atoms with Crippen molar-refractivity contribution in [2.45, 2.75) is 44.0 Å². The highest BCUT2D eigenvalue weighted by Gasteiger charge is 2.52. The number of benzene rings is 3. The van der Waals surface area contributed by atoms with E-state index in [1.807, 2.05) is 43.3 Å². The fourth-order valence-electron chi connectivity index (χ4n) is 5.42. The van der Waals surface area contributed by atoms with E-state index in [1.54, 1.807) is 6.08 Å². The first-order valence-electron chi connectivity index (χ1n) is 13.3. The lowest BCUT2D eigenvalue weighted by atomic mass is 10.0. The lowest BCUT2D eigenvalue weighted by Crippen LogP contribution is -2.66. The van der Waals surface area contributed by atoms with Gasteiger partial charge in [-0.1, -0.05) is 99.6 Å². The first-order chi connectivity index (χ1) is 18.9. The predicted octanol–water partition coefficient (Wildman–Crippen LogP) is 5.64. The van der Waals surface area contributed by atoms with Gasteiger partial charge in [-0.2, -0.15) is 4.31 Å². The summed E-state index contributed by atoms with van der Waals surface area (Å²) >= 11 is 0. The Hall–Kier alpha value is -3.53. The highest BCUT2D eigenvalue weighted by atomic mass is 32.2. The lowest BCUT2D eigenvalue weighted by Gasteiger charge is -2.44. The minimum Gasteiger partial charge on any atom is -0.537 e. The van der Waals surface area contributed by atoms with Crippen molar-refractivity contribution in [3.63, 3.8) is 0 Å². The van der Waals surface area contributed by atoms with Crippen molar-refractivity contribution >= 4 is 34.4 Å². The summed E-state index contributed by atoms with van der Waals surface area (Å²) in [4.78, 5) is 10.7. The van der Waals surface area contributed by atoms with Crippen LogP contribution in [-0.4, -0.2) is 39.1 Å². The molecule has 0 spiro atoms. The van der Waals surface area contributed by atoms with Crippen LogP contribution in [0.4, 0.5) is 5.69 Å². The molecule has 0 amide bonds. The average Bonchev–Trinajstić information content (AvgIpc) is 3.10. The van der Waals surface area contributed by atoms with Crippen LogP contribution in [0.5, 0.6) is 0 Å². The van der Waals surface area contributed by atoms with Crippen LogP contribution in [0.15, 0.2) is 114 Å². The first-order valence-corrected chi connectivity index (χ1v) is 16.6. The third-order valence-electron chi connectivity index (χ3n) is 7.48.